The van der Waals surface area contributed by atoms with E-state index in [1.807, 2.05) is 30.3 Å². The Labute approximate surface area is 186 Å². The summed E-state index contributed by atoms with van der Waals surface area (Å²) in [6.45, 7) is 2.11. The van der Waals surface area contributed by atoms with Gasteiger partial charge in [0.05, 0.1) is 0 Å². The molecule has 0 radical (unpaired) electrons. The van der Waals surface area contributed by atoms with Gasteiger partial charge in [-0.25, -0.2) is 9.97 Å². The molecule has 164 valence electrons. The van der Waals surface area contributed by atoms with Gasteiger partial charge in [-0.15, -0.1) is 0 Å². The number of amides is 2. The zero-order valence-corrected chi connectivity index (χ0v) is 17.8. The van der Waals surface area contributed by atoms with Crippen LogP contribution in [-0.2, 0) is 11.3 Å². The van der Waals surface area contributed by atoms with Gasteiger partial charge in [-0.3, -0.25) is 14.5 Å². The molecule has 2 heterocycles. The van der Waals surface area contributed by atoms with Crippen LogP contribution in [-0.4, -0.2) is 64.3 Å². The van der Waals surface area contributed by atoms with Crippen molar-refractivity contribution >= 4 is 11.8 Å². The second-order valence-electron chi connectivity index (χ2n) is 7.50. The van der Waals surface area contributed by atoms with E-state index in [2.05, 4.69) is 20.2 Å². The topological polar surface area (TPSA) is 87.7 Å². The fraction of sp³-hybridized carbons (Fsp3) is 0.250. The van der Waals surface area contributed by atoms with Crippen LogP contribution in [0, 0.1) is 0 Å². The van der Waals surface area contributed by atoms with E-state index in [-0.39, 0.29) is 17.8 Å². The lowest BCUT2D eigenvalue weighted by atomic mass is 10.1. The first-order valence-electron chi connectivity index (χ1n) is 10.5. The lowest BCUT2D eigenvalue weighted by Crippen LogP contribution is -2.59. The number of nitrogens with one attached hydrogen (secondary N) is 1. The summed E-state index contributed by atoms with van der Waals surface area (Å²) in [5, 5.41) is 2.73. The van der Waals surface area contributed by atoms with Gasteiger partial charge in [-0.1, -0.05) is 36.4 Å². The van der Waals surface area contributed by atoms with E-state index in [0.717, 1.165) is 5.56 Å². The van der Waals surface area contributed by atoms with Gasteiger partial charge in [-0.05, 0) is 29.8 Å². The van der Waals surface area contributed by atoms with Crippen LogP contribution in [0.2, 0.25) is 0 Å². The molecule has 1 aromatic heterocycles. The largest absolute Gasteiger partial charge is 0.424 e. The summed E-state index contributed by atoms with van der Waals surface area (Å²) in [7, 11) is 1.62. The van der Waals surface area contributed by atoms with Gasteiger partial charge in [0.2, 0.25) is 5.91 Å². The number of rotatable bonds is 6. The van der Waals surface area contributed by atoms with Gasteiger partial charge in [0, 0.05) is 51.2 Å². The predicted octanol–water partition coefficient (Wildman–Crippen LogP) is 2.34. The Hall–Kier alpha value is -3.78. The van der Waals surface area contributed by atoms with Gasteiger partial charge in [-0.2, -0.15) is 0 Å². The van der Waals surface area contributed by atoms with Crippen LogP contribution in [0.1, 0.15) is 15.9 Å². The number of likely N-dealkylation sites (N-methyl/N-ethyl adjacent to an activating group) is 1. The Morgan fingerprint density at radius 2 is 1.81 bits per heavy atom. The standard InChI is InChI=1S/C24H25N5O3/c1-25-22(30)21-17-29(14-13-28(21)16-18-7-3-2-4-8-18)23(31)19-9-5-10-20(15-19)32-24-26-11-6-12-27-24/h2-12,15,21H,13-14,16-17H2,1H3,(H,25,30)/t21-/m0/s1. The zero-order chi connectivity index (χ0) is 22.3. The van der Waals surface area contributed by atoms with E-state index in [0.29, 0.717) is 37.5 Å². The number of ether oxygens (including phenoxy) is 1. The highest BCUT2D eigenvalue weighted by Gasteiger charge is 2.34. The molecular weight excluding hydrogens is 406 g/mol. The van der Waals surface area contributed by atoms with Crippen molar-refractivity contribution in [1.82, 2.24) is 25.1 Å². The smallest absolute Gasteiger partial charge is 0.321 e. The highest BCUT2D eigenvalue weighted by Crippen LogP contribution is 2.21. The quantitative estimate of drug-likeness (QED) is 0.645. The van der Waals surface area contributed by atoms with E-state index >= 15 is 0 Å². The lowest BCUT2D eigenvalue weighted by molar-refractivity contribution is -0.128. The third kappa shape index (κ3) is 5.09. The van der Waals surface area contributed by atoms with Crippen molar-refractivity contribution in [3.8, 4) is 11.8 Å². The average Bonchev–Trinajstić information content (AvgIpc) is 2.85. The highest BCUT2D eigenvalue weighted by molar-refractivity contribution is 5.95. The van der Waals surface area contributed by atoms with Gasteiger partial charge in [0.1, 0.15) is 11.8 Å². The summed E-state index contributed by atoms with van der Waals surface area (Å²) in [4.78, 5) is 37.7. The van der Waals surface area contributed by atoms with Crippen LogP contribution < -0.4 is 10.1 Å². The molecule has 4 rings (SSSR count). The number of carbonyl (C=O) groups is 2. The molecule has 0 aliphatic carbocycles. The Morgan fingerprint density at radius 1 is 1.03 bits per heavy atom. The van der Waals surface area contributed by atoms with Crippen LogP contribution >= 0.6 is 0 Å². The SMILES string of the molecule is CNC(=O)[C@@H]1CN(C(=O)c2cccc(Oc3ncccn3)c2)CCN1Cc1ccccc1. The summed E-state index contributed by atoms with van der Waals surface area (Å²) in [5.74, 6) is 0.238. The Bertz CT molecular complexity index is 1060. The summed E-state index contributed by atoms with van der Waals surface area (Å²) >= 11 is 0. The van der Waals surface area contributed by atoms with E-state index in [4.69, 9.17) is 4.74 Å². The molecule has 0 unspecified atom stereocenters. The maximum absolute atomic E-state index is 13.2. The molecule has 1 aliphatic rings. The van der Waals surface area contributed by atoms with Crippen LogP contribution in [0.3, 0.4) is 0 Å². The van der Waals surface area contributed by atoms with Gasteiger partial charge in [0.15, 0.2) is 0 Å². The molecule has 0 bridgehead atoms. The molecule has 8 nitrogen and oxygen atoms in total. The monoisotopic (exact) mass is 431 g/mol. The maximum atomic E-state index is 13.2. The van der Waals surface area contributed by atoms with Gasteiger partial charge >= 0.3 is 6.01 Å². The molecular formula is C24H25N5O3. The first kappa shape index (κ1) is 21.5. The first-order chi connectivity index (χ1) is 15.6. The van der Waals surface area contributed by atoms with Crippen LogP contribution in [0.4, 0.5) is 0 Å². The number of aromatic nitrogens is 2. The van der Waals surface area contributed by atoms with E-state index in [1.165, 1.54) is 0 Å². The Kier molecular flexibility index (Phi) is 6.72. The molecule has 2 aromatic carbocycles. The van der Waals surface area contributed by atoms with E-state index in [9.17, 15) is 9.59 Å². The second-order valence-corrected chi connectivity index (χ2v) is 7.50. The van der Waals surface area contributed by atoms with Crippen molar-refractivity contribution in [3.63, 3.8) is 0 Å². The molecule has 1 aliphatic heterocycles. The third-order valence-electron chi connectivity index (χ3n) is 5.39. The van der Waals surface area contributed by atoms with Crippen LogP contribution in [0.15, 0.2) is 73.1 Å². The van der Waals surface area contributed by atoms with Crippen LogP contribution in [0.25, 0.3) is 0 Å². The number of benzene rings is 2. The van der Waals surface area contributed by atoms with Crippen molar-refractivity contribution in [2.24, 2.45) is 0 Å². The maximum Gasteiger partial charge on any atom is 0.321 e. The average molecular weight is 431 g/mol. The molecule has 1 N–H and O–H groups in total. The molecule has 8 heteroatoms. The van der Waals surface area contributed by atoms with E-state index in [1.54, 1.807) is 54.7 Å². The summed E-state index contributed by atoms with van der Waals surface area (Å²) < 4.78 is 5.65. The van der Waals surface area contributed by atoms with E-state index < -0.39 is 6.04 Å². The lowest BCUT2D eigenvalue weighted by Gasteiger charge is -2.40. The molecule has 0 spiro atoms. The molecule has 3 aromatic rings. The third-order valence-corrected chi connectivity index (χ3v) is 5.39. The van der Waals surface area contributed by atoms with Crippen molar-refractivity contribution in [2.75, 3.05) is 26.7 Å². The number of hydrogen-bond acceptors (Lipinski definition) is 6. The highest BCUT2D eigenvalue weighted by atomic mass is 16.5. The zero-order valence-electron chi connectivity index (χ0n) is 17.8. The second kappa shape index (κ2) is 10.0. The fourth-order valence-electron chi connectivity index (χ4n) is 3.75. The summed E-state index contributed by atoms with van der Waals surface area (Å²) in [6, 6.07) is 18.4. The minimum absolute atomic E-state index is 0.100. The normalized spacial score (nSPS) is 16.4. The van der Waals surface area contributed by atoms with Crippen molar-refractivity contribution in [1.29, 1.82) is 0 Å². The minimum atomic E-state index is -0.421. The first-order valence-corrected chi connectivity index (χ1v) is 10.5. The molecule has 1 saturated heterocycles. The number of hydrogen-bond donors (Lipinski definition) is 1. The minimum Gasteiger partial charge on any atom is -0.424 e. The molecule has 1 atom stereocenters. The Balaban J connectivity index is 1.47. The van der Waals surface area contributed by atoms with Crippen LogP contribution in [0.5, 0.6) is 11.8 Å². The van der Waals surface area contributed by atoms with Crippen molar-refractivity contribution in [2.45, 2.75) is 12.6 Å². The van der Waals surface area contributed by atoms with Gasteiger partial charge in [0.25, 0.3) is 5.91 Å². The van der Waals surface area contributed by atoms with Crippen molar-refractivity contribution in [3.05, 3.63) is 84.2 Å². The fourth-order valence-corrected chi connectivity index (χ4v) is 3.75. The van der Waals surface area contributed by atoms with Gasteiger partial charge < -0.3 is 15.0 Å². The Morgan fingerprint density at radius 3 is 2.56 bits per heavy atom. The molecule has 0 saturated carbocycles. The predicted molar refractivity (Wildman–Crippen MR) is 119 cm³/mol. The summed E-state index contributed by atoms with van der Waals surface area (Å²) in [5.41, 5.74) is 1.62. The number of carbonyl (C=O) groups excluding carboxylic acids is 2. The summed E-state index contributed by atoms with van der Waals surface area (Å²) in [6.07, 6.45) is 3.18. The number of nitrogens with zero attached hydrogens (tertiary/aromatic N) is 4. The molecule has 32 heavy (non-hydrogen) atoms. The molecule has 1 fully saturated rings. The molecule has 2 amide bonds. The number of piperazine rings is 1. The van der Waals surface area contributed by atoms with Crippen molar-refractivity contribution < 1.29 is 14.3 Å².